The number of benzene rings is 1. The average Bonchev–Trinajstić information content (AvgIpc) is 3.41. The van der Waals surface area contributed by atoms with Gasteiger partial charge in [-0.25, -0.2) is 4.98 Å². The van der Waals surface area contributed by atoms with Crippen molar-refractivity contribution in [2.24, 2.45) is 7.05 Å². The summed E-state index contributed by atoms with van der Waals surface area (Å²) in [6.07, 6.45) is 2.96. The van der Waals surface area contributed by atoms with Crippen LogP contribution in [0.1, 0.15) is 33.3 Å². The summed E-state index contributed by atoms with van der Waals surface area (Å²) in [5, 5.41) is 7.79. The zero-order valence-electron chi connectivity index (χ0n) is 18.3. The molecule has 31 heavy (non-hydrogen) atoms. The van der Waals surface area contributed by atoms with E-state index in [1.807, 2.05) is 24.9 Å². The highest BCUT2D eigenvalue weighted by Crippen LogP contribution is 2.42. The van der Waals surface area contributed by atoms with Gasteiger partial charge in [0.25, 0.3) is 0 Å². The van der Waals surface area contributed by atoms with Gasteiger partial charge in [-0.05, 0) is 59.7 Å². The second kappa shape index (κ2) is 7.98. The minimum absolute atomic E-state index is 0.175. The van der Waals surface area contributed by atoms with Gasteiger partial charge >= 0.3 is 0 Å². The van der Waals surface area contributed by atoms with Crippen molar-refractivity contribution in [2.45, 2.75) is 25.9 Å². The summed E-state index contributed by atoms with van der Waals surface area (Å²) in [7, 11) is 5.33. The van der Waals surface area contributed by atoms with Crippen molar-refractivity contribution < 1.29 is 9.47 Å². The molecule has 7 heteroatoms. The number of rotatable bonds is 5. The highest BCUT2D eigenvalue weighted by molar-refractivity contribution is 7.10. The Bertz CT molecular complexity index is 1230. The van der Waals surface area contributed by atoms with E-state index in [1.165, 1.54) is 21.6 Å². The van der Waals surface area contributed by atoms with Crippen LogP contribution in [0.5, 0.6) is 11.5 Å². The smallest absolute Gasteiger partial charge is 0.161 e. The molecule has 4 heterocycles. The molecule has 5 rings (SSSR count). The van der Waals surface area contributed by atoms with Crippen molar-refractivity contribution in [1.29, 1.82) is 0 Å². The fraction of sp³-hybridized carbons (Fsp3) is 0.333. The standard InChI is InChI=1S/C24H26N4O2S/c1-15-18-10-16(13-25-24(18)27(2)26-15)14-28-8-7-17-11-20(29-3)21(30-4)12-19(17)23(28)22-6-5-9-31-22/h5-6,9-13,23H,7-8,14H2,1-4H3. The van der Waals surface area contributed by atoms with Crippen molar-refractivity contribution in [3.8, 4) is 11.5 Å². The van der Waals surface area contributed by atoms with E-state index in [4.69, 9.17) is 9.47 Å². The number of aryl methyl sites for hydroxylation is 2. The molecule has 0 saturated carbocycles. The van der Waals surface area contributed by atoms with Crippen molar-refractivity contribution in [3.63, 3.8) is 0 Å². The van der Waals surface area contributed by atoms with E-state index in [0.29, 0.717) is 0 Å². The van der Waals surface area contributed by atoms with Crippen LogP contribution in [-0.2, 0) is 20.0 Å². The maximum atomic E-state index is 5.63. The van der Waals surface area contributed by atoms with E-state index >= 15 is 0 Å². The number of hydrogen-bond acceptors (Lipinski definition) is 6. The van der Waals surface area contributed by atoms with Gasteiger partial charge in [0.2, 0.25) is 0 Å². The molecule has 3 aromatic heterocycles. The van der Waals surface area contributed by atoms with Gasteiger partial charge in [0.15, 0.2) is 17.1 Å². The number of pyridine rings is 1. The van der Waals surface area contributed by atoms with E-state index < -0.39 is 0 Å². The molecular formula is C24H26N4O2S. The van der Waals surface area contributed by atoms with Crippen molar-refractivity contribution in [3.05, 3.63) is 69.2 Å². The van der Waals surface area contributed by atoms with E-state index in [2.05, 4.69) is 50.7 Å². The van der Waals surface area contributed by atoms with Crippen LogP contribution < -0.4 is 9.47 Å². The summed E-state index contributed by atoms with van der Waals surface area (Å²) in [4.78, 5) is 8.56. The molecule has 4 aromatic rings. The highest BCUT2D eigenvalue weighted by atomic mass is 32.1. The molecular weight excluding hydrogens is 408 g/mol. The lowest BCUT2D eigenvalue weighted by molar-refractivity contribution is 0.206. The van der Waals surface area contributed by atoms with Gasteiger partial charge in [-0.3, -0.25) is 9.58 Å². The summed E-state index contributed by atoms with van der Waals surface area (Å²) >= 11 is 1.80. The molecule has 1 unspecified atom stereocenters. The first-order chi connectivity index (χ1) is 15.1. The third kappa shape index (κ3) is 3.47. The molecule has 1 atom stereocenters. The van der Waals surface area contributed by atoms with E-state index in [1.54, 1.807) is 25.6 Å². The molecule has 1 aliphatic heterocycles. The first-order valence-electron chi connectivity index (χ1n) is 10.4. The van der Waals surface area contributed by atoms with Gasteiger partial charge in [-0.1, -0.05) is 6.07 Å². The quantitative estimate of drug-likeness (QED) is 0.463. The topological polar surface area (TPSA) is 52.4 Å². The van der Waals surface area contributed by atoms with Gasteiger partial charge < -0.3 is 9.47 Å². The number of hydrogen-bond donors (Lipinski definition) is 0. The zero-order valence-corrected chi connectivity index (χ0v) is 19.1. The first kappa shape index (κ1) is 20.0. The summed E-state index contributed by atoms with van der Waals surface area (Å²) in [6, 6.07) is 11.0. The van der Waals surface area contributed by atoms with Gasteiger partial charge in [0.05, 0.1) is 26.0 Å². The molecule has 0 amide bonds. The molecule has 6 nitrogen and oxygen atoms in total. The van der Waals surface area contributed by atoms with Crippen LogP contribution in [0.25, 0.3) is 11.0 Å². The maximum Gasteiger partial charge on any atom is 0.161 e. The largest absolute Gasteiger partial charge is 0.493 e. The number of methoxy groups -OCH3 is 2. The molecule has 0 radical (unpaired) electrons. The second-order valence-electron chi connectivity index (χ2n) is 7.97. The third-order valence-electron chi connectivity index (χ3n) is 6.09. The van der Waals surface area contributed by atoms with Crippen molar-refractivity contribution in [1.82, 2.24) is 19.7 Å². The highest BCUT2D eigenvalue weighted by Gasteiger charge is 2.31. The Morgan fingerprint density at radius 1 is 1.16 bits per heavy atom. The second-order valence-corrected chi connectivity index (χ2v) is 8.95. The number of aromatic nitrogens is 3. The van der Waals surface area contributed by atoms with Gasteiger partial charge in [0, 0.05) is 36.6 Å². The minimum atomic E-state index is 0.175. The summed E-state index contributed by atoms with van der Waals surface area (Å²) < 4.78 is 13.0. The molecule has 0 bridgehead atoms. The fourth-order valence-electron chi connectivity index (χ4n) is 4.62. The van der Waals surface area contributed by atoms with Crippen LogP contribution >= 0.6 is 11.3 Å². The van der Waals surface area contributed by atoms with Crippen LogP contribution in [0.4, 0.5) is 0 Å². The van der Waals surface area contributed by atoms with E-state index in [9.17, 15) is 0 Å². The van der Waals surface area contributed by atoms with Gasteiger partial charge in [-0.15, -0.1) is 11.3 Å². The van der Waals surface area contributed by atoms with Crippen molar-refractivity contribution in [2.75, 3.05) is 20.8 Å². The molecule has 0 spiro atoms. The zero-order chi connectivity index (χ0) is 21.5. The van der Waals surface area contributed by atoms with E-state index in [0.717, 1.165) is 47.7 Å². The first-order valence-corrected chi connectivity index (χ1v) is 11.3. The Hall–Kier alpha value is -2.90. The predicted octanol–water partition coefficient (Wildman–Crippen LogP) is 4.50. The Labute approximate surface area is 186 Å². The molecule has 1 aromatic carbocycles. The molecule has 160 valence electrons. The fourth-order valence-corrected chi connectivity index (χ4v) is 5.50. The van der Waals surface area contributed by atoms with E-state index in [-0.39, 0.29) is 6.04 Å². The molecule has 0 aliphatic carbocycles. The van der Waals surface area contributed by atoms with Crippen LogP contribution in [0.2, 0.25) is 0 Å². The Balaban J connectivity index is 1.55. The lowest BCUT2D eigenvalue weighted by atomic mass is 9.90. The Morgan fingerprint density at radius 2 is 1.97 bits per heavy atom. The lowest BCUT2D eigenvalue weighted by Gasteiger charge is -2.37. The molecule has 0 N–H and O–H groups in total. The summed E-state index contributed by atoms with van der Waals surface area (Å²) in [5.74, 6) is 1.57. The van der Waals surface area contributed by atoms with Crippen LogP contribution in [0, 0.1) is 6.92 Å². The van der Waals surface area contributed by atoms with Gasteiger partial charge in [0.1, 0.15) is 0 Å². The van der Waals surface area contributed by atoms with Crippen LogP contribution in [0.3, 0.4) is 0 Å². The SMILES string of the molecule is COc1cc2c(cc1OC)C(c1cccs1)N(Cc1cnc3c(c1)c(C)nn3C)CC2. The summed E-state index contributed by atoms with van der Waals surface area (Å²) in [5.41, 5.74) is 5.76. The Morgan fingerprint density at radius 3 is 2.71 bits per heavy atom. The normalized spacial score (nSPS) is 16.5. The Kier molecular flexibility index (Phi) is 5.16. The monoisotopic (exact) mass is 434 g/mol. The number of fused-ring (bicyclic) bond motifs is 2. The molecule has 0 fully saturated rings. The molecule has 1 aliphatic rings. The number of nitrogens with zero attached hydrogens (tertiary/aromatic N) is 4. The minimum Gasteiger partial charge on any atom is -0.493 e. The van der Waals surface area contributed by atoms with Crippen LogP contribution in [0.15, 0.2) is 41.9 Å². The van der Waals surface area contributed by atoms with Crippen LogP contribution in [-0.4, -0.2) is 40.4 Å². The molecule has 0 saturated heterocycles. The lowest BCUT2D eigenvalue weighted by Crippen LogP contribution is -2.35. The predicted molar refractivity (Wildman–Crippen MR) is 123 cm³/mol. The van der Waals surface area contributed by atoms with Gasteiger partial charge in [-0.2, -0.15) is 5.10 Å². The number of thiophene rings is 1. The average molecular weight is 435 g/mol. The van der Waals surface area contributed by atoms with Crippen molar-refractivity contribution >= 4 is 22.4 Å². The summed E-state index contributed by atoms with van der Waals surface area (Å²) in [6.45, 7) is 3.84. The maximum absolute atomic E-state index is 5.63. The third-order valence-corrected chi connectivity index (χ3v) is 7.02. The number of ether oxygens (including phenoxy) is 2.